The molecule has 1 aliphatic carbocycles. The van der Waals surface area contributed by atoms with E-state index in [4.69, 9.17) is 0 Å². The molecule has 1 saturated heterocycles. The average molecular weight is 248 g/mol. The predicted molar refractivity (Wildman–Crippen MR) is 72.5 cm³/mol. The second-order valence-electron chi connectivity index (χ2n) is 5.91. The van der Waals surface area contributed by atoms with Crippen LogP contribution in [-0.2, 0) is 13.5 Å². The van der Waals surface area contributed by atoms with Gasteiger partial charge in [0.25, 0.3) is 0 Å². The van der Waals surface area contributed by atoms with E-state index in [1.807, 2.05) is 17.9 Å². The number of nitrogens with one attached hydrogen (secondary N) is 1. The summed E-state index contributed by atoms with van der Waals surface area (Å²) >= 11 is 0. The number of hydrogen-bond acceptors (Lipinski definition) is 3. The van der Waals surface area contributed by atoms with Crippen LogP contribution in [0.2, 0.25) is 0 Å². The Morgan fingerprint density at radius 2 is 2.28 bits per heavy atom. The zero-order valence-corrected chi connectivity index (χ0v) is 11.3. The number of likely N-dealkylation sites (tertiary alicyclic amines) is 1. The fourth-order valence-corrected chi connectivity index (χ4v) is 2.79. The summed E-state index contributed by atoms with van der Waals surface area (Å²) in [6.45, 7) is 4.97. The molecule has 2 aliphatic rings. The third-order valence-electron chi connectivity index (χ3n) is 4.12. The van der Waals surface area contributed by atoms with Crippen molar-refractivity contribution in [2.24, 2.45) is 13.0 Å². The molecular weight excluding hydrogens is 224 g/mol. The lowest BCUT2D eigenvalue weighted by molar-refractivity contribution is 0.325. The van der Waals surface area contributed by atoms with Crippen molar-refractivity contribution in [1.82, 2.24) is 20.0 Å². The summed E-state index contributed by atoms with van der Waals surface area (Å²) in [6, 6.07) is 0.856. The molecule has 1 saturated carbocycles. The van der Waals surface area contributed by atoms with Gasteiger partial charge in [0.1, 0.15) is 0 Å². The van der Waals surface area contributed by atoms with Crippen molar-refractivity contribution in [2.75, 3.05) is 26.2 Å². The molecule has 0 amide bonds. The molecule has 0 spiro atoms. The van der Waals surface area contributed by atoms with E-state index in [1.54, 1.807) is 0 Å². The van der Waals surface area contributed by atoms with Crippen molar-refractivity contribution in [2.45, 2.75) is 31.7 Å². The number of nitrogens with zero attached hydrogens (tertiary/aromatic N) is 3. The lowest BCUT2D eigenvalue weighted by atomic mass is 10.1. The van der Waals surface area contributed by atoms with Gasteiger partial charge in [0.2, 0.25) is 0 Å². The molecule has 100 valence electrons. The third kappa shape index (κ3) is 3.33. The number of rotatable bonds is 6. The number of aromatic nitrogens is 2. The van der Waals surface area contributed by atoms with E-state index < -0.39 is 0 Å². The Kier molecular flexibility index (Phi) is 3.66. The Morgan fingerprint density at radius 1 is 1.39 bits per heavy atom. The van der Waals surface area contributed by atoms with Gasteiger partial charge in [0.15, 0.2) is 0 Å². The largest absolute Gasteiger partial charge is 0.314 e. The van der Waals surface area contributed by atoms with Crippen LogP contribution < -0.4 is 5.32 Å². The first-order valence-corrected chi connectivity index (χ1v) is 7.23. The van der Waals surface area contributed by atoms with E-state index in [0.717, 1.165) is 18.4 Å². The van der Waals surface area contributed by atoms with Gasteiger partial charge in [-0.05, 0) is 50.3 Å². The number of aryl methyl sites for hydroxylation is 1. The molecule has 18 heavy (non-hydrogen) atoms. The quantitative estimate of drug-likeness (QED) is 0.816. The van der Waals surface area contributed by atoms with Crippen LogP contribution >= 0.6 is 0 Å². The van der Waals surface area contributed by atoms with Gasteiger partial charge in [-0.25, -0.2) is 0 Å². The van der Waals surface area contributed by atoms with Gasteiger partial charge in [0.05, 0.1) is 6.20 Å². The van der Waals surface area contributed by atoms with Gasteiger partial charge in [-0.3, -0.25) is 4.68 Å². The minimum absolute atomic E-state index is 0.856. The lowest BCUT2D eigenvalue weighted by Crippen LogP contribution is -2.28. The Balaban J connectivity index is 1.36. The van der Waals surface area contributed by atoms with Crippen LogP contribution in [0.5, 0.6) is 0 Å². The molecule has 3 rings (SSSR count). The summed E-state index contributed by atoms with van der Waals surface area (Å²) in [6.07, 6.45) is 9.42. The molecule has 0 aromatic carbocycles. The molecule has 2 fully saturated rings. The molecule has 0 bridgehead atoms. The fourth-order valence-electron chi connectivity index (χ4n) is 2.79. The first kappa shape index (κ1) is 12.2. The van der Waals surface area contributed by atoms with E-state index in [9.17, 15) is 0 Å². The Bertz CT molecular complexity index is 383. The van der Waals surface area contributed by atoms with Crippen LogP contribution in [0.15, 0.2) is 12.4 Å². The second kappa shape index (κ2) is 5.41. The van der Waals surface area contributed by atoms with Gasteiger partial charge in [-0.2, -0.15) is 5.10 Å². The van der Waals surface area contributed by atoms with Crippen molar-refractivity contribution in [3.8, 4) is 0 Å². The van der Waals surface area contributed by atoms with Gasteiger partial charge < -0.3 is 10.2 Å². The fraction of sp³-hybridized carbons (Fsp3) is 0.786. The van der Waals surface area contributed by atoms with Crippen molar-refractivity contribution < 1.29 is 0 Å². The molecule has 1 aromatic rings. The van der Waals surface area contributed by atoms with E-state index in [-0.39, 0.29) is 0 Å². The minimum Gasteiger partial charge on any atom is -0.314 e. The summed E-state index contributed by atoms with van der Waals surface area (Å²) < 4.78 is 1.89. The predicted octanol–water partition coefficient (Wildman–Crippen LogP) is 1.04. The highest BCUT2D eigenvalue weighted by atomic mass is 15.2. The van der Waals surface area contributed by atoms with Gasteiger partial charge in [0, 0.05) is 32.4 Å². The first-order chi connectivity index (χ1) is 8.79. The summed E-state index contributed by atoms with van der Waals surface area (Å²) in [5.41, 5.74) is 1.36. The topological polar surface area (TPSA) is 33.1 Å². The second-order valence-corrected chi connectivity index (χ2v) is 5.91. The SMILES string of the molecule is Cn1cc(CCN2CCC(CNC3CC3)C2)cn1. The summed E-state index contributed by atoms with van der Waals surface area (Å²) in [5, 5.41) is 7.88. The zero-order valence-electron chi connectivity index (χ0n) is 11.3. The highest BCUT2D eigenvalue weighted by Gasteiger charge is 2.25. The van der Waals surface area contributed by atoms with Crippen LogP contribution in [0.25, 0.3) is 0 Å². The van der Waals surface area contributed by atoms with Gasteiger partial charge in [-0.1, -0.05) is 0 Å². The molecule has 4 heteroatoms. The number of hydrogen-bond donors (Lipinski definition) is 1. The lowest BCUT2D eigenvalue weighted by Gasteiger charge is -2.15. The van der Waals surface area contributed by atoms with E-state index in [1.165, 1.54) is 51.0 Å². The van der Waals surface area contributed by atoms with Crippen molar-refractivity contribution in [1.29, 1.82) is 0 Å². The highest BCUT2D eigenvalue weighted by Crippen LogP contribution is 2.21. The van der Waals surface area contributed by atoms with Crippen LogP contribution in [-0.4, -0.2) is 46.9 Å². The normalized spacial score (nSPS) is 24.8. The maximum Gasteiger partial charge on any atom is 0.0522 e. The summed E-state index contributed by atoms with van der Waals surface area (Å²) in [5.74, 6) is 0.875. The molecule has 1 atom stereocenters. The average Bonchev–Trinajstić information content (AvgIpc) is 2.93. The minimum atomic E-state index is 0.856. The van der Waals surface area contributed by atoms with E-state index in [2.05, 4.69) is 21.5 Å². The third-order valence-corrected chi connectivity index (χ3v) is 4.12. The summed E-state index contributed by atoms with van der Waals surface area (Å²) in [7, 11) is 1.99. The van der Waals surface area contributed by atoms with Crippen LogP contribution in [0.3, 0.4) is 0 Å². The monoisotopic (exact) mass is 248 g/mol. The Labute approximate surface area is 109 Å². The molecule has 1 unspecified atom stereocenters. The van der Waals surface area contributed by atoms with Crippen molar-refractivity contribution >= 4 is 0 Å². The van der Waals surface area contributed by atoms with Crippen LogP contribution in [0.4, 0.5) is 0 Å². The molecular formula is C14H24N4. The first-order valence-electron chi connectivity index (χ1n) is 7.23. The zero-order chi connectivity index (χ0) is 12.4. The van der Waals surface area contributed by atoms with E-state index >= 15 is 0 Å². The smallest absolute Gasteiger partial charge is 0.0522 e. The molecule has 1 aromatic heterocycles. The van der Waals surface area contributed by atoms with E-state index in [0.29, 0.717) is 0 Å². The van der Waals surface area contributed by atoms with Crippen molar-refractivity contribution in [3.63, 3.8) is 0 Å². The van der Waals surface area contributed by atoms with Crippen LogP contribution in [0.1, 0.15) is 24.8 Å². The van der Waals surface area contributed by atoms with Crippen molar-refractivity contribution in [3.05, 3.63) is 18.0 Å². The van der Waals surface area contributed by atoms with Gasteiger partial charge in [-0.15, -0.1) is 0 Å². The maximum atomic E-state index is 4.22. The van der Waals surface area contributed by atoms with Crippen LogP contribution in [0, 0.1) is 5.92 Å². The molecule has 4 nitrogen and oxygen atoms in total. The Hall–Kier alpha value is -0.870. The molecule has 1 N–H and O–H groups in total. The van der Waals surface area contributed by atoms with Gasteiger partial charge >= 0.3 is 0 Å². The molecule has 2 heterocycles. The Morgan fingerprint density at radius 3 is 3.00 bits per heavy atom. The molecule has 1 aliphatic heterocycles. The highest BCUT2D eigenvalue weighted by molar-refractivity contribution is 5.04. The molecule has 0 radical (unpaired) electrons. The maximum absolute atomic E-state index is 4.22. The standard InChI is InChI=1S/C14H24N4/c1-17-10-13(9-16-17)5-7-18-6-4-12(11-18)8-15-14-2-3-14/h9-10,12,14-15H,2-8,11H2,1H3. The summed E-state index contributed by atoms with van der Waals surface area (Å²) in [4.78, 5) is 2.60.